The van der Waals surface area contributed by atoms with E-state index in [0.717, 1.165) is 10.5 Å². The molecule has 0 spiro atoms. The van der Waals surface area contributed by atoms with E-state index in [4.69, 9.17) is 0 Å². The molecule has 0 bridgehead atoms. The molecule has 0 heterocycles. The molecule has 0 fully saturated rings. The van der Waals surface area contributed by atoms with Gasteiger partial charge in [-0.1, -0.05) is 24.3 Å². The fourth-order valence-electron chi connectivity index (χ4n) is 1.94. The number of benzene rings is 2. The van der Waals surface area contributed by atoms with Crippen molar-refractivity contribution in [3.8, 4) is 0 Å². The van der Waals surface area contributed by atoms with E-state index in [9.17, 15) is 9.50 Å². The summed E-state index contributed by atoms with van der Waals surface area (Å²) < 4.78 is 13.3. The molecule has 0 amide bonds. The molecule has 0 saturated heterocycles. The lowest BCUT2D eigenvalue weighted by atomic mass is 10.1. The van der Waals surface area contributed by atoms with Crippen LogP contribution in [-0.4, -0.2) is 10.9 Å². The molecule has 0 aliphatic heterocycles. The highest BCUT2D eigenvalue weighted by molar-refractivity contribution is 7.99. The first kappa shape index (κ1) is 14.1. The number of rotatable bonds is 4. The molecule has 0 radical (unpaired) electrons. The van der Waals surface area contributed by atoms with Gasteiger partial charge in [0.15, 0.2) is 0 Å². The maximum atomic E-state index is 13.3. The van der Waals surface area contributed by atoms with Crippen molar-refractivity contribution in [2.75, 3.05) is 5.75 Å². The number of aliphatic hydroxyl groups excluding tert-OH is 1. The van der Waals surface area contributed by atoms with Crippen LogP contribution in [0.5, 0.6) is 0 Å². The number of hydrogen-bond donors (Lipinski definition) is 1. The summed E-state index contributed by atoms with van der Waals surface area (Å²) in [5.74, 6) is 0.225. The van der Waals surface area contributed by atoms with Gasteiger partial charge in [-0.25, -0.2) is 4.39 Å². The Kier molecular flexibility index (Phi) is 4.61. The van der Waals surface area contributed by atoms with Crippen LogP contribution in [0, 0.1) is 19.7 Å². The Morgan fingerprint density at radius 2 is 1.89 bits per heavy atom. The van der Waals surface area contributed by atoms with Crippen molar-refractivity contribution in [3.63, 3.8) is 0 Å². The number of aliphatic hydroxyl groups is 1. The molecule has 2 aromatic rings. The van der Waals surface area contributed by atoms with Crippen LogP contribution in [-0.2, 0) is 0 Å². The molecule has 2 aromatic carbocycles. The van der Waals surface area contributed by atoms with E-state index < -0.39 is 6.10 Å². The summed E-state index contributed by atoms with van der Waals surface area (Å²) in [6.07, 6.45) is -0.654. The second-order valence-electron chi connectivity index (χ2n) is 4.65. The molecule has 2 rings (SSSR count). The van der Waals surface area contributed by atoms with Gasteiger partial charge in [0.1, 0.15) is 5.82 Å². The topological polar surface area (TPSA) is 20.2 Å². The van der Waals surface area contributed by atoms with Gasteiger partial charge in [-0.15, -0.1) is 11.8 Å². The van der Waals surface area contributed by atoms with Crippen LogP contribution in [0.15, 0.2) is 47.4 Å². The van der Waals surface area contributed by atoms with Gasteiger partial charge in [-0.2, -0.15) is 0 Å². The number of hydrogen-bond acceptors (Lipinski definition) is 2. The van der Waals surface area contributed by atoms with E-state index in [1.165, 1.54) is 17.7 Å². The van der Waals surface area contributed by atoms with Crippen molar-refractivity contribution in [3.05, 3.63) is 65.0 Å². The van der Waals surface area contributed by atoms with Crippen LogP contribution in [0.25, 0.3) is 0 Å². The lowest BCUT2D eigenvalue weighted by molar-refractivity contribution is 0.203. The van der Waals surface area contributed by atoms with Crippen LogP contribution in [0.3, 0.4) is 0 Å². The first-order valence-corrected chi connectivity index (χ1v) is 7.18. The zero-order chi connectivity index (χ0) is 13.8. The average Bonchev–Trinajstić information content (AvgIpc) is 2.36. The molecule has 0 aliphatic rings. The third-order valence-electron chi connectivity index (χ3n) is 2.94. The highest BCUT2D eigenvalue weighted by Gasteiger charge is 2.10. The molecule has 0 aliphatic carbocycles. The molecule has 19 heavy (non-hydrogen) atoms. The third-order valence-corrected chi connectivity index (χ3v) is 4.19. The van der Waals surface area contributed by atoms with Crippen molar-refractivity contribution in [2.45, 2.75) is 24.8 Å². The average molecular weight is 276 g/mol. The standard InChI is InChI=1S/C16H17FOS/c1-11-7-13(9-14(17)8-11)15(18)10-19-16-6-4-3-5-12(16)2/h3-9,15,18H,10H2,1-2H3. The predicted molar refractivity (Wildman–Crippen MR) is 78.0 cm³/mol. The van der Waals surface area contributed by atoms with E-state index >= 15 is 0 Å². The number of thioether (sulfide) groups is 1. The van der Waals surface area contributed by atoms with Gasteiger partial charge < -0.3 is 5.11 Å². The first-order valence-electron chi connectivity index (χ1n) is 6.20. The maximum absolute atomic E-state index is 13.3. The van der Waals surface area contributed by atoms with Gasteiger partial charge in [0.05, 0.1) is 6.10 Å². The predicted octanol–water partition coefficient (Wildman–Crippen LogP) is 4.27. The van der Waals surface area contributed by atoms with Crippen molar-refractivity contribution in [1.82, 2.24) is 0 Å². The molecule has 1 unspecified atom stereocenters. The van der Waals surface area contributed by atoms with E-state index in [-0.39, 0.29) is 5.82 Å². The van der Waals surface area contributed by atoms with E-state index in [1.807, 2.05) is 44.2 Å². The molecule has 1 atom stereocenters. The highest BCUT2D eigenvalue weighted by Crippen LogP contribution is 2.27. The monoisotopic (exact) mass is 276 g/mol. The summed E-state index contributed by atoms with van der Waals surface area (Å²) in [6, 6.07) is 12.7. The SMILES string of the molecule is Cc1cc(F)cc(C(O)CSc2ccccc2C)c1. The van der Waals surface area contributed by atoms with Gasteiger partial charge in [0.2, 0.25) is 0 Å². The maximum Gasteiger partial charge on any atom is 0.123 e. The smallest absolute Gasteiger partial charge is 0.123 e. The van der Waals surface area contributed by atoms with E-state index in [2.05, 4.69) is 0 Å². The molecule has 3 heteroatoms. The Balaban J connectivity index is 2.05. The van der Waals surface area contributed by atoms with Crippen molar-refractivity contribution < 1.29 is 9.50 Å². The second kappa shape index (κ2) is 6.22. The summed E-state index contributed by atoms with van der Waals surface area (Å²) in [5.41, 5.74) is 2.66. The van der Waals surface area contributed by atoms with Crippen molar-refractivity contribution in [1.29, 1.82) is 0 Å². The van der Waals surface area contributed by atoms with Gasteiger partial charge in [0, 0.05) is 10.6 Å². The number of halogens is 1. The summed E-state index contributed by atoms with van der Waals surface area (Å²) in [4.78, 5) is 1.15. The summed E-state index contributed by atoms with van der Waals surface area (Å²) >= 11 is 1.59. The molecule has 0 aromatic heterocycles. The Bertz CT molecular complexity index is 548. The van der Waals surface area contributed by atoms with Crippen LogP contribution in [0.1, 0.15) is 22.8 Å². The molecular formula is C16H17FOS. The van der Waals surface area contributed by atoms with Crippen LogP contribution >= 0.6 is 11.8 Å². The fourth-order valence-corrected chi connectivity index (χ4v) is 2.94. The minimum absolute atomic E-state index is 0.296. The van der Waals surface area contributed by atoms with Crippen LogP contribution in [0.2, 0.25) is 0 Å². The first-order chi connectivity index (χ1) is 9.06. The third kappa shape index (κ3) is 3.82. The lowest BCUT2D eigenvalue weighted by Crippen LogP contribution is -2.02. The van der Waals surface area contributed by atoms with Gasteiger partial charge >= 0.3 is 0 Å². The van der Waals surface area contributed by atoms with Crippen molar-refractivity contribution >= 4 is 11.8 Å². The van der Waals surface area contributed by atoms with E-state index in [0.29, 0.717) is 11.3 Å². The minimum Gasteiger partial charge on any atom is -0.388 e. The zero-order valence-electron chi connectivity index (χ0n) is 11.1. The fraction of sp³-hybridized carbons (Fsp3) is 0.250. The Morgan fingerprint density at radius 1 is 1.16 bits per heavy atom. The van der Waals surface area contributed by atoms with Gasteiger partial charge in [-0.05, 0) is 48.7 Å². The largest absolute Gasteiger partial charge is 0.388 e. The lowest BCUT2D eigenvalue weighted by Gasteiger charge is -2.12. The Morgan fingerprint density at radius 3 is 2.58 bits per heavy atom. The van der Waals surface area contributed by atoms with Gasteiger partial charge in [-0.3, -0.25) is 0 Å². The number of aryl methyl sites for hydroxylation is 2. The van der Waals surface area contributed by atoms with Gasteiger partial charge in [0.25, 0.3) is 0 Å². The molecule has 1 N–H and O–H groups in total. The Labute approximate surface area is 117 Å². The van der Waals surface area contributed by atoms with Crippen LogP contribution in [0.4, 0.5) is 4.39 Å². The zero-order valence-corrected chi connectivity index (χ0v) is 11.9. The second-order valence-corrected chi connectivity index (χ2v) is 5.72. The summed E-state index contributed by atoms with van der Waals surface area (Å²) in [5, 5.41) is 10.1. The van der Waals surface area contributed by atoms with Crippen molar-refractivity contribution in [2.24, 2.45) is 0 Å². The van der Waals surface area contributed by atoms with Crippen LogP contribution < -0.4 is 0 Å². The molecule has 0 saturated carbocycles. The minimum atomic E-state index is -0.654. The summed E-state index contributed by atoms with van der Waals surface area (Å²) in [6.45, 7) is 3.87. The quantitative estimate of drug-likeness (QED) is 0.842. The molecular weight excluding hydrogens is 259 g/mol. The Hall–Kier alpha value is -1.32. The molecule has 1 nitrogen and oxygen atoms in total. The van der Waals surface area contributed by atoms with E-state index in [1.54, 1.807) is 11.8 Å². The molecule has 100 valence electrons. The summed E-state index contributed by atoms with van der Waals surface area (Å²) in [7, 11) is 0. The highest BCUT2D eigenvalue weighted by atomic mass is 32.2. The normalized spacial score (nSPS) is 12.4.